The van der Waals surface area contributed by atoms with Crippen LogP contribution >= 0.6 is 0 Å². The Labute approximate surface area is 179 Å². The fourth-order valence-corrected chi connectivity index (χ4v) is 12.9. The summed E-state index contributed by atoms with van der Waals surface area (Å²) in [7, 11) is 0. The zero-order chi connectivity index (χ0) is 20.4. The molecule has 0 amide bonds. The van der Waals surface area contributed by atoms with Gasteiger partial charge in [-0.15, -0.1) is 0 Å². The van der Waals surface area contributed by atoms with Crippen molar-refractivity contribution in [3.63, 3.8) is 0 Å². The van der Waals surface area contributed by atoms with Gasteiger partial charge in [-0.3, -0.25) is 0 Å². The summed E-state index contributed by atoms with van der Waals surface area (Å²) in [5.41, 5.74) is 4.70. The van der Waals surface area contributed by atoms with Crippen molar-refractivity contribution in [2.24, 2.45) is 0 Å². The molecule has 0 unspecified atom stereocenters. The molecule has 2 aromatic carbocycles. The van der Waals surface area contributed by atoms with E-state index in [-0.39, 0.29) is 7.25 Å². The normalized spacial score (nSPS) is 16.1. The summed E-state index contributed by atoms with van der Waals surface area (Å²) in [6.07, 6.45) is 17.5. The Kier molecular flexibility index (Phi) is 5.79. The molecule has 0 heterocycles. The summed E-state index contributed by atoms with van der Waals surface area (Å²) in [4.78, 5) is 0. The van der Waals surface area contributed by atoms with Crippen LogP contribution in [0, 0.1) is 27.7 Å². The quantitative estimate of drug-likeness (QED) is 0.451. The standard InChI is InChI=1S/2C8H10O.2C5H5.Zr/c2*1-6-3-4-7(2)8(9)5-6;2*1-2-4-5-3-1;/h2*3-5,9H,1-2H3;2*1-5H;/q;;;;+2/p-2. The topological polar surface area (TPSA) is 18.5 Å². The van der Waals surface area contributed by atoms with E-state index in [0.717, 1.165) is 22.6 Å². The van der Waals surface area contributed by atoms with Crippen LogP contribution in [0.3, 0.4) is 0 Å². The van der Waals surface area contributed by atoms with Gasteiger partial charge in [0.2, 0.25) is 0 Å². The van der Waals surface area contributed by atoms with Crippen LogP contribution in [0.25, 0.3) is 0 Å². The molecule has 0 radical (unpaired) electrons. The number of hydrogen-bond acceptors (Lipinski definition) is 2. The summed E-state index contributed by atoms with van der Waals surface area (Å²) in [6.45, 7) is 8.45. The Hall–Kier alpha value is -2.12. The fourth-order valence-electron chi connectivity index (χ4n) is 3.89. The number of allylic oxidation sites excluding steroid dienone is 8. The first kappa shape index (κ1) is 20.2. The van der Waals surface area contributed by atoms with Crippen molar-refractivity contribution in [2.45, 2.75) is 34.9 Å². The molecule has 3 heteroatoms. The minimum absolute atomic E-state index is 0.196. The van der Waals surface area contributed by atoms with Gasteiger partial charge in [0.05, 0.1) is 0 Å². The van der Waals surface area contributed by atoms with Crippen LogP contribution < -0.4 is 5.63 Å². The van der Waals surface area contributed by atoms with Crippen molar-refractivity contribution in [1.82, 2.24) is 0 Å². The van der Waals surface area contributed by atoms with Gasteiger partial charge in [0, 0.05) is 0 Å². The third-order valence-corrected chi connectivity index (χ3v) is 14.8. The predicted molar refractivity (Wildman–Crippen MR) is 117 cm³/mol. The van der Waals surface area contributed by atoms with E-state index in [1.54, 1.807) is 0 Å². The van der Waals surface area contributed by atoms with E-state index in [0.29, 0.717) is 0 Å². The SMILES string of the molecule is Cc1ccc(C)c([O][Zr]([O]c2cc(C)ccc2C)([CH]2C=CC=C2)[CH]2C=CC=C2)c1. The number of aryl methyl sites for hydroxylation is 4. The van der Waals surface area contributed by atoms with E-state index < -0.39 is 21.1 Å². The van der Waals surface area contributed by atoms with Crippen molar-refractivity contribution in [2.75, 3.05) is 0 Å². The van der Waals surface area contributed by atoms with Crippen molar-refractivity contribution >= 4 is 0 Å². The van der Waals surface area contributed by atoms with Crippen LogP contribution in [0.5, 0.6) is 11.5 Å². The molecule has 0 atom stereocenters. The Morgan fingerprint density at radius 3 is 1.34 bits per heavy atom. The first-order chi connectivity index (χ1) is 14.0. The first-order valence-corrected chi connectivity index (χ1v) is 15.0. The zero-order valence-electron chi connectivity index (χ0n) is 17.6. The Morgan fingerprint density at radius 1 is 0.586 bits per heavy atom. The van der Waals surface area contributed by atoms with Crippen LogP contribution in [0.4, 0.5) is 0 Å². The van der Waals surface area contributed by atoms with Crippen molar-refractivity contribution in [3.8, 4) is 11.5 Å². The van der Waals surface area contributed by atoms with Gasteiger partial charge in [0.15, 0.2) is 0 Å². The number of benzene rings is 2. The monoisotopic (exact) mass is 462 g/mol. The molecule has 148 valence electrons. The molecular formula is C26H28O2Zr. The van der Waals surface area contributed by atoms with Gasteiger partial charge in [-0.1, -0.05) is 0 Å². The molecule has 2 aliphatic carbocycles. The molecule has 0 fully saturated rings. The third-order valence-electron chi connectivity index (χ3n) is 5.65. The van der Waals surface area contributed by atoms with Gasteiger partial charge < -0.3 is 0 Å². The zero-order valence-corrected chi connectivity index (χ0v) is 20.0. The van der Waals surface area contributed by atoms with Crippen LogP contribution in [0.2, 0.25) is 7.25 Å². The van der Waals surface area contributed by atoms with Gasteiger partial charge in [0.1, 0.15) is 0 Å². The molecule has 2 nitrogen and oxygen atoms in total. The average Bonchev–Trinajstić information content (AvgIpc) is 3.41. The first-order valence-electron chi connectivity index (χ1n) is 10.2. The molecule has 2 aromatic rings. The minimum atomic E-state index is -3.87. The summed E-state index contributed by atoms with van der Waals surface area (Å²) in [5, 5.41) is 0. The van der Waals surface area contributed by atoms with E-state index in [4.69, 9.17) is 5.63 Å². The summed E-state index contributed by atoms with van der Waals surface area (Å²) in [6, 6.07) is 12.8. The second-order valence-electron chi connectivity index (χ2n) is 8.05. The van der Waals surface area contributed by atoms with Gasteiger partial charge in [-0.2, -0.15) is 0 Å². The maximum atomic E-state index is 7.06. The van der Waals surface area contributed by atoms with Gasteiger partial charge in [-0.05, 0) is 0 Å². The maximum absolute atomic E-state index is 7.06. The third kappa shape index (κ3) is 4.12. The summed E-state index contributed by atoms with van der Waals surface area (Å²) >= 11 is -3.87. The number of hydrogen-bond donors (Lipinski definition) is 0. The predicted octanol–water partition coefficient (Wildman–Crippen LogP) is 7.19. The van der Waals surface area contributed by atoms with E-state index in [9.17, 15) is 0 Å². The Morgan fingerprint density at radius 2 is 0.966 bits per heavy atom. The molecule has 0 saturated carbocycles. The molecule has 29 heavy (non-hydrogen) atoms. The molecule has 0 spiro atoms. The van der Waals surface area contributed by atoms with Crippen LogP contribution in [-0.4, -0.2) is 0 Å². The summed E-state index contributed by atoms with van der Waals surface area (Å²) < 4.78 is 14.5. The molecule has 2 aliphatic rings. The van der Waals surface area contributed by atoms with Gasteiger partial charge in [0.25, 0.3) is 0 Å². The fraction of sp³-hybridized carbons (Fsp3) is 0.231. The second-order valence-corrected chi connectivity index (χ2v) is 15.9. The second kappa shape index (κ2) is 8.32. The van der Waals surface area contributed by atoms with E-state index in [1.165, 1.54) is 11.1 Å². The Balaban J connectivity index is 1.86. The van der Waals surface area contributed by atoms with E-state index >= 15 is 0 Å². The van der Waals surface area contributed by atoms with E-state index in [2.05, 4.69) is 113 Å². The molecule has 0 N–H and O–H groups in total. The van der Waals surface area contributed by atoms with Crippen LogP contribution in [0.1, 0.15) is 22.3 Å². The molecule has 0 saturated heterocycles. The number of rotatable bonds is 6. The van der Waals surface area contributed by atoms with Crippen molar-refractivity contribution < 1.29 is 26.8 Å². The van der Waals surface area contributed by atoms with Crippen LogP contribution in [0.15, 0.2) is 85.0 Å². The molecular weight excluding hydrogens is 436 g/mol. The van der Waals surface area contributed by atoms with Gasteiger partial charge >= 0.3 is 180 Å². The van der Waals surface area contributed by atoms with Gasteiger partial charge in [-0.25, -0.2) is 0 Å². The average molecular weight is 464 g/mol. The van der Waals surface area contributed by atoms with E-state index in [1.807, 2.05) is 0 Å². The Bertz CT molecular complexity index is 921. The molecule has 0 aromatic heterocycles. The molecule has 0 bridgehead atoms. The molecule has 4 rings (SSSR count). The molecule has 0 aliphatic heterocycles. The van der Waals surface area contributed by atoms with Crippen molar-refractivity contribution in [3.05, 3.63) is 107 Å². The van der Waals surface area contributed by atoms with Crippen molar-refractivity contribution in [1.29, 1.82) is 0 Å². The van der Waals surface area contributed by atoms with Crippen LogP contribution in [-0.2, 0) is 21.1 Å². The summed E-state index contributed by atoms with van der Waals surface area (Å²) in [5.74, 6) is 1.90.